The van der Waals surface area contributed by atoms with E-state index >= 15 is 0 Å². The van der Waals surface area contributed by atoms with E-state index in [1.807, 2.05) is 0 Å². The predicted molar refractivity (Wildman–Crippen MR) is 77.6 cm³/mol. The predicted octanol–water partition coefficient (Wildman–Crippen LogP) is 1.63. The minimum Gasteiger partial charge on any atom is -0.263 e. The molecule has 0 aliphatic heterocycles. The van der Waals surface area contributed by atoms with Crippen molar-refractivity contribution < 1.29 is 13.0 Å². The molecule has 8 nitrogen and oxygen atoms in total. The summed E-state index contributed by atoms with van der Waals surface area (Å²) in [6.07, 6.45) is 3.91. The van der Waals surface area contributed by atoms with E-state index in [9.17, 15) is 8.42 Å². The summed E-state index contributed by atoms with van der Waals surface area (Å²) in [5, 5.41) is 11.5. The van der Waals surface area contributed by atoms with Crippen LogP contribution in [0.15, 0.2) is 40.0 Å². The first-order chi connectivity index (χ1) is 10.6. The van der Waals surface area contributed by atoms with Gasteiger partial charge in [0.2, 0.25) is 0 Å². The topological polar surface area (TPSA) is 103 Å². The molecule has 0 bridgehead atoms. The lowest BCUT2D eigenvalue weighted by atomic mass is 10.3. The van der Waals surface area contributed by atoms with Gasteiger partial charge in [-0.25, -0.2) is 17.7 Å². The fraction of sp³-hybridized carbons (Fsp3) is 0.308. The summed E-state index contributed by atoms with van der Waals surface area (Å²) in [6, 6.07) is 6.35. The molecule has 1 aliphatic carbocycles. The number of sulfonamides is 1. The lowest BCUT2D eigenvalue weighted by molar-refractivity contribution is 0.315. The molecule has 0 unspecified atom stereocenters. The van der Waals surface area contributed by atoms with Gasteiger partial charge < -0.3 is 0 Å². The molecule has 1 aromatic carbocycles. The zero-order valence-corrected chi connectivity index (χ0v) is 12.3. The molecule has 114 valence electrons. The molecule has 1 fully saturated rings. The third kappa shape index (κ3) is 2.33. The quantitative estimate of drug-likeness (QED) is 0.766. The fourth-order valence-electron chi connectivity index (χ4n) is 2.30. The maximum Gasteiger partial charge on any atom is 0.265 e. The van der Waals surface area contributed by atoms with E-state index in [4.69, 9.17) is 0 Å². The maximum absolute atomic E-state index is 12.6. The molecule has 0 saturated heterocycles. The molecule has 4 rings (SSSR count). The van der Waals surface area contributed by atoms with Gasteiger partial charge in [-0.2, -0.15) is 5.10 Å². The Morgan fingerprint density at radius 3 is 2.95 bits per heavy atom. The van der Waals surface area contributed by atoms with Crippen molar-refractivity contribution in [2.45, 2.75) is 24.3 Å². The lowest BCUT2D eigenvalue weighted by Gasteiger charge is -2.10. The van der Waals surface area contributed by atoms with E-state index in [1.54, 1.807) is 29.1 Å². The molecular weight excluding hydrogens is 306 g/mol. The molecule has 1 saturated carbocycles. The standard InChI is InChI=1S/C13H13N5O3S/c19-22(20,11-3-1-2-10-13(11)16-21-15-10)17-12-6-7-14-18(12)8-9-4-5-9/h1-3,6-7,9,17H,4-5,8H2. The molecule has 2 aromatic heterocycles. The van der Waals surface area contributed by atoms with Gasteiger partial charge >= 0.3 is 0 Å². The highest BCUT2D eigenvalue weighted by Crippen LogP contribution is 2.31. The second kappa shape index (κ2) is 4.80. The van der Waals surface area contributed by atoms with Gasteiger partial charge in [0, 0.05) is 12.6 Å². The zero-order chi connectivity index (χ0) is 15.2. The van der Waals surface area contributed by atoms with Crippen LogP contribution in [-0.4, -0.2) is 28.5 Å². The molecule has 1 aliphatic rings. The highest BCUT2D eigenvalue weighted by Gasteiger charge is 2.25. The lowest BCUT2D eigenvalue weighted by Crippen LogP contribution is -2.17. The largest absolute Gasteiger partial charge is 0.265 e. The smallest absolute Gasteiger partial charge is 0.263 e. The Hall–Kier alpha value is -2.42. The average Bonchev–Trinajstić information content (AvgIpc) is 3.00. The van der Waals surface area contributed by atoms with Crippen molar-refractivity contribution in [1.29, 1.82) is 0 Å². The zero-order valence-electron chi connectivity index (χ0n) is 11.5. The Labute approximate surface area is 126 Å². The molecule has 0 radical (unpaired) electrons. The summed E-state index contributed by atoms with van der Waals surface area (Å²) < 4.78 is 34.1. The van der Waals surface area contributed by atoms with E-state index in [1.165, 1.54) is 6.07 Å². The van der Waals surface area contributed by atoms with E-state index in [2.05, 4.69) is 24.8 Å². The summed E-state index contributed by atoms with van der Waals surface area (Å²) in [7, 11) is -3.79. The third-order valence-corrected chi connectivity index (χ3v) is 5.01. The van der Waals surface area contributed by atoms with Gasteiger partial charge in [-0.1, -0.05) is 6.07 Å². The second-order valence-corrected chi connectivity index (χ2v) is 6.99. The van der Waals surface area contributed by atoms with Crippen LogP contribution in [0, 0.1) is 5.92 Å². The van der Waals surface area contributed by atoms with Crippen molar-refractivity contribution in [2.24, 2.45) is 5.92 Å². The van der Waals surface area contributed by atoms with Gasteiger partial charge in [-0.15, -0.1) is 0 Å². The Bertz CT molecular complexity index is 926. The Morgan fingerprint density at radius 2 is 2.14 bits per heavy atom. The van der Waals surface area contributed by atoms with Crippen LogP contribution in [-0.2, 0) is 16.6 Å². The first-order valence-corrected chi connectivity index (χ1v) is 8.38. The first-order valence-electron chi connectivity index (χ1n) is 6.89. The summed E-state index contributed by atoms with van der Waals surface area (Å²) >= 11 is 0. The fourth-order valence-corrected chi connectivity index (χ4v) is 3.51. The van der Waals surface area contributed by atoms with Crippen molar-refractivity contribution >= 4 is 26.9 Å². The minimum atomic E-state index is -3.79. The molecule has 9 heteroatoms. The Kier molecular flexibility index (Phi) is 2.89. The molecular formula is C13H13N5O3S. The number of aromatic nitrogens is 4. The number of nitrogens with zero attached hydrogens (tertiary/aromatic N) is 4. The Balaban J connectivity index is 1.69. The summed E-state index contributed by atoms with van der Waals surface area (Å²) in [5.74, 6) is 1.03. The molecule has 0 spiro atoms. The van der Waals surface area contributed by atoms with E-state index < -0.39 is 10.0 Å². The van der Waals surface area contributed by atoms with Gasteiger partial charge in [-0.05, 0) is 41.2 Å². The molecule has 22 heavy (non-hydrogen) atoms. The van der Waals surface area contributed by atoms with Crippen LogP contribution in [0.2, 0.25) is 0 Å². The van der Waals surface area contributed by atoms with Crippen LogP contribution < -0.4 is 4.72 Å². The first kappa shape index (κ1) is 13.3. The summed E-state index contributed by atoms with van der Waals surface area (Å²) in [6.45, 7) is 0.723. The van der Waals surface area contributed by atoms with E-state index in [0.717, 1.165) is 19.4 Å². The molecule has 3 aromatic rings. The average molecular weight is 319 g/mol. The van der Waals surface area contributed by atoms with Gasteiger partial charge in [0.25, 0.3) is 10.0 Å². The van der Waals surface area contributed by atoms with Crippen LogP contribution >= 0.6 is 0 Å². The maximum atomic E-state index is 12.6. The number of rotatable bonds is 5. The van der Waals surface area contributed by atoms with E-state index in [-0.39, 0.29) is 10.4 Å². The van der Waals surface area contributed by atoms with Crippen LogP contribution in [0.25, 0.3) is 11.0 Å². The molecule has 0 atom stereocenters. The van der Waals surface area contributed by atoms with Crippen molar-refractivity contribution in [3.05, 3.63) is 30.5 Å². The van der Waals surface area contributed by atoms with Gasteiger partial charge in [0.15, 0.2) is 5.52 Å². The second-order valence-electron chi connectivity index (χ2n) is 5.34. The van der Waals surface area contributed by atoms with Crippen molar-refractivity contribution in [1.82, 2.24) is 20.1 Å². The molecule has 1 N–H and O–H groups in total. The van der Waals surface area contributed by atoms with Crippen LogP contribution in [0.1, 0.15) is 12.8 Å². The highest BCUT2D eigenvalue weighted by atomic mass is 32.2. The number of benzene rings is 1. The SMILES string of the molecule is O=S(=O)(Nc1ccnn1CC1CC1)c1cccc2nonc12. The summed E-state index contributed by atoms with van der Waals surface area (Å²) in [5.41, 5.74) is 0.609. The monoisotopic (exact) mass is 319 g/mol. The number of hydrogen-bond donors (Lipinski definition) is 1. The number of nitrogens with one attached hydrogen (secondary N) is 1. The Morgan fingerprint density at radius 1 is 1.27 bits per heavy atom. The summed E-state index contributed by atoms with van der Waals surface area (Å²) in [4.78, 5) is 0.0328. The third-order valence-electron chi connectivity index (χ3n) is 3.62. The van der Waals surface area contributed by atoms with Crippen molar-refractivity contribution in [3.63, 3.8) is 0 Å². The van der Waals surface area contributed by atoms with Crippen LogP contribution in [0.4, 0.5) is 5.82 Å². The highest BCUT2D eigenvalue weighted by molar-refractivity contribution is 7.93. The molecule has 0 amide bonds. The normalized spacial score (nSPS) is 15.3. The molecule has 2 heterocycles. The minimum absolute atomic E-state index is 0.0328. The number of anilines is 1. The van der Waals surface area contributed by atoms with Gasteiger partial charge in [0.05, 0.1) is 6.20 Å². The number of fused-ring (bicyclic) bond motifs is 1. The van der Waals surface area contributed by atoms with Crippen molar-refractivity contribution in [3.8, 4) is 0 Å². The van der Waals surface area contributed by atoms with Crippen LogP contribution in [0.5, 0.6) is 0 Å². The van der Waals surface area contributed by atoms with Gasteiger partial charge in [0.1, 0.15) is 16.2 Å². The van der Waals surface area contributed by atoms with Crippen molar-refractivity contribution in [2.75, 3.05) is 4.72 Å². The number of hydrogen-bond acceptors (Lipinski definition) is 6. The van der Waals surface area contributed by atoms with E-state index in [0.29, 0.717) is 17.3 Å². The van der Waals surface area contributed by atoms with Gasteiger partial charge in [-0.3, -0.25) is 4.72 Å². The van der Waals surface area contributed by atoms with Crippen LogP contribution in [0.3, 0.4) is 0 Å².